The van der Waals surface area contributed by atoms with Crippen molar-refractivity contribution in [2.24, 2.45) is 28.1 Å². The summed E-state index contributed by atoms with van der Waals surface area (Å²) >= 11 is 0. The number of carboxylic acid groups (broad SMARTS) is 1. The van der Waals surface area contributed by atoms with E-state index < -0.39 is 42.0 Å². The number of imidazole rings is 1. The molecule has 1 aliphatic rings. The maximum atomic E-state index is 13.1. The summed E-state index contributed by atoms with van der Waals surface area (Å²) in [6, 6.07) is -3.78. The minimum atomic E-state index is -1.21. The molecule has 1 aromatic heterocycles. The number of likely N-dealkylation sites (tertiary alicyclic amines) is 1. The van der Waals surface area contributed by atoms with E-state index in [1.54, 1.807) is 13.8 Å². The van der Waals surface area contributed by atoms with Crippen LogP contribution < -0.4 is 27.8 Å². The Kier molecular flexibility index (Phi) is 10.6. The molecule has 1 fully saturated rings. The molecule has 2 rings (SSSR count). The van der Waals surface area contributed by atoms with E-state index in [4.69, 9.17) is 17.2 Å². The van der Waals surface area contributed by atoms with Gasteiger partial charge in [-0.3, -0.25) is 19.4 Å². The second-order valence-corrected chi connectivity index (χ2v) is 9.16. The summed E-state index contributed by atoms with van der Waals surface area (Å²) in [5.74, 6) is -3.05. The molecule has 0 spiro atoms. The number of carbonyl (C=O) groups is 4. The van der Waals surface area contributed by atoms with Crippen LogP contribution in [0.3, 0.4) is 0 Å². The monoisotopic (exact) mass is 507 g/mol. The van der Waals surface area contributed by atoms with Crippen molar-refractivity contribution in [3.63, 3.8) is 0 Å². The van der Waals surface area contributed by atoms with Crippen molar-refractivity contribution >= 4 is 29.7 Å². The number of carboxylic acids is 1. The van der Waals surface area contributed by atoms with Gasteiger partial charge in [0, 0.05) is 31.4 Å². The molecular formula is C22H37N9O5. The molecule has 0 aliphatic carbocycles. The zero-order valence-electron chi connectivity index (χ0n) is 20.6. The molecule has 0 radical (unpaired) electrons. The number of hydrogen-bond donors (Lipinski definition) is 7. The number of hydrogen-bond acceptors (Lipinski definition) is 7. The summed E-state index contributed by atoms with van der Waals surface area (Å²) in [6.45, 7) is 4.19. The van der Waals surface area contributed by atoms with Gasteiger partial charge in [-0.1, -0.05) is 13.8 Å². The number of aliphatic carboxylic acids is 1. The molecule has 1 saturated heterocycles. The molecular weight excluding hydrogens is 470 g/mol. The molecule has 1 aromatic rings. The number of amides is 3. The van der Waals surface area contributed by atoms with Crippen LogP contribution in [0, 0.1) is 5.92 Å². The molecule has 14 nitrogen and oxygen atoms in total. The molecule has 200 valence electrons. The van der Waals surface area contributed by atoms with Crippen molar-refractivity contribution in [2.45, 2.75) is 70.1 Å². The topological polar surface area (TPSA) is 235 Å². The third kappa shape index (κ3) is 8.22. The van der Waals surface area contributed by atoms with Gasteiger partial charge in [-0.25, -0.2) is 9.78 Å². The van der Waals surface area contributed by atoms with Gasteiger partial charge in [0.1, 0.15) is 18.1 Å². The number of guanidine groups is 1. The van der Waals surface area contributed by atoms with Gasteiger partial charge in [0.05, 0.1) is 12.4 Å². The van der Waals surface area contributed by atoms with E-state index in [0.717, 1.165) is 0 Å². The number of nitrogens with one attached hydrogen (secondary N) is 3. The molecule has 0 bridgehead atoms. The standard InChI is InChI=1S/C22H37N9O5/c1-12(2)17(19(33)29-15(21(35)36)9-13-10-26-11-28-13)30-18(32)16-6-4-8-31(16)20(34)14(23)5-3-7-27-22(24)25/h10-12,14-17H,3-9,23H2,1-2H3,(H,26,28)(H,29,33)(H,30,32)(H,35,36)(H4,24,25,27)/t14-,15-,16-,17-/m0/s1. The first kappa shape index (κ1) is 28.6. The third-order valence-corrected chi connectivity index (χ3v) is 5.96. The van der Waals surface area contributed by atoms with Crippen LogP contribution in [0.1, 0.15) is 45.2 Å². The van der Waals surface area contributed by atoms with E-state index in [2.05, 4.69) is 25.6 Å². The van der Waals surface area contributed by atoms with Crippen molar-refractivity contribution < 1.29 is 24.3 Å². The van der Waals surface area contributed by atoms with Gasteiger partial charge in [0.25, 0.3) is 0 Å². The predicted molar refractivity (Wildman–Crippen MR) is 131 cm³/mol. The van der Waals surface area contributed by atoms with E-state index in [1.807, 2.05) is 0 Å². The zero-order valence-corrected chi connectivity index (χ0v) is 20.6. The molecule has 36 heavy (non-hydrogen) atoms. The van der Waals surface area contributed by atoms with Crippen molar-refractivity contribution in [2.75, 3.05) is 13.1 Å². The van der Waals surface area contributed by atoms with Crippen LogP contribution in [0.5, 0.6) is 0 Å². The van der Waals surface area contributed by atoms with Gasteiger partial charge >= 0.3 is 5.97 Å². The Hall–Kier alpha value is -3.68. The minimum Gasteiger partial charge on any atom is -0.480 e. The Morgan fingerprint density at radius 3 is 2.58 bits per heavy atom. The van der Waals surface area contributed by atoms with Crippen LogP contribution in [0.4, 0.5) is 0 Å². The van der Waals surface area contributed by atoms with Crippen LogP contribution in [0.2, 0.25) is 0 Å². The molecule has 10 N–H and O–H groups in total. The lowest BCUT2D eigenvalue weighted by molar-refractivity contribution is -0.143. The van der Waals surface area contributed by atoms with Gasteiger partial charge in [-0.15, -0.1) is 0 Å². The average Bonchev–Trinajstić information content (AvgIpc) is 3.50. The van der Waals surface area contributed by atoms with Crippen LogP contribution in [-0.4, -0.2) is 86.9 Å². The van der Waals surface area contributed by atoms with E-state index in [-0.39, 0.29) is 24.2 Å². The molecule has 0 unspecified atom stereocenters. The first-order chi connectivity index (χ1) is 17.0. The zero-order chi connectivity index (χ0) is 26.8. The summed E-state index contributed by atoms with van der Waals surface area (Å²) in [6.07, 6.45) is 4.81. The molecule has 0 saturated carbocycles. The van der Waals surface area contributed by atoms with E-state index in [9.17, 15) is 24.3 Å². The van der Waals surface area contributed by atoms with Crippen molar-refractivity contribution in [1.82, 2.24) is 25.5 Å². The lowest BCUT2D eigenvalue weighted by Gasteiger charge is -2.29. The van der Waals surface area contributed by atoms with Gasteiger partial charge < -0.3 is 42.8 Å². The van der Waals surface area contributed by atoms with E-state index >= 15 is 0 Å². The first-order valence-electron chi connectivity index (χ1n) is 11.9. The second-order valence-electron chi connectivity index (χ2n) is 9.16. The SMILES string of the molecule is CC(C)[C@H](NC(=O)[C@@H]1CCCN1C(=O)[C@@H](N)CCCN=C(N)N)C(=O)N[C@@H](Cc1cnc[nH]1)C(=O)O. The summed E-state index contributed by atoms with van der Waals surface area (Å²) in [7, 11) is 0. The van der Waals surface area contributed by atoms with Gasteiger partial charge in [-0.2, -0.15) is 0 Å². The fourth-order valence-corrected chi connectivity index (χ4v) is 4.02. The number of aromatic nitrogens is 2. The lowest BCUT2D eigenvalue weighted by atomic mass is 10.0. The normalized spacial score (nSPS) is 17.8. The minimum absolute atomic E-state index is 0.00577. The second kappa shape index (κ2) is 13.4. The molecule has 4 atom stereocenters. The molecule has 3 amide bonds. The lowest BCUT2D eigenvalue weighted by Crippen LogP contribution is -2.58. The van der Waals surface area contributed by atoms with Crippen LogP contribution in [-0.2, 0) is 25.6 Å². The summed E-state index contributed by atoms with van der Waals surface area (Å²) < 4.78 is 0. The number of carbonyl (C=O) groups excluding carboxylic acids is 3. The first-order valence-corrected chi connectivity index (χ1v) is 11.9. The quantitative estimate of drug-likeness (QED) is 0.0889. The Labute approximate surface area is 209 Å². The number of aliphatic imine (C=N–C) groups is 1. The molecule has 2 heterocycles. The number of rotatable bonds is 13. The molecule has 14 heteroatoms. The van der Waals surface area contributed by atoms with Crippen molar-refractivity contribution in [3.05, 3.63) is 18.2 Å². The number of nitrogens with zero attached hydrogens (tertiary/aromatic N) is 3. The summed E-state index contributed by atoms with van der Waals surface area (Å²) in [5.41, 5.74) is 17.2. The highest BCUT2D eigenvalue weighted by Gasteiger charge is 2.38. The highest BCUT2D eigenvalue weighted by atomic mass is 16.4. The Balaban J connectivity index is 2.00. The van der Waals surface area contributed by atoms with Gasteiger partial charge in [0.2, 0.25) is 17.7 Å². The Bertz CT molecular complexity index is 930. The molecule has 1 aliphatic heterocycles. The van der Waals surface area contributed by atoms with Crippen molar-refractivity contribution in [3.8, 4) is 0 Å². The summed E-state index contributed by atoms with van der Waals surface area (Å²) in [5, 5.41) is 14.7. The van der Waals surface area contributed by atoms with E-state index in [1.165, 1.54) is 17.4 Å². The highest BCUT2D eigenvalue weighted by molar-refractivity contribution is 5.94. The number of H-pyrrole nitrogens is 1. The van der Waals surface area contributed by atoms with Crippen LogP contribution in [0.25, 0.3) is 0 Å². The Morgan fingerprint density at radius 1 is 1.28 bits per heavy atom. The van der Waals surface area contributed by atoms with Crippen LogP contribution in [0.15, 0.2) is 17.5 Å². The fourth-order valence-electron chi connectivity index (χ4n) is 4.02. The number of aromatic amines is 1. The molecule has 0 aromatic carbocycles. The highest BCUT2D eigenvalue weighted by Crippen LogP contribution is 2.20. The van der Waals surface area contributed by atoms with Crippen molar-refractivity contribution in [1.29, 1.82) is 0 Å². The van der Waals surface area contributed by atoms with Gasteiger partial charge in [0.15, 0.2) is 5.96 Å². The smallest absolute Gasteiger partial charge is 0.326 e. The largest absolute Gasteiger partial charge is 0.480 e. The van der Waals surface area contributed by atoms with Crippen LogP contribution >= 0.6 is 0 Å². The maximum Gasteiger partial charge on any atom is 0.326 e. The fraction of sp³-hybridized carbons (Fsp3) is 0.636. The summed E-state index contributed by atoms with van der Waals surface area (Å²) in [4.78, 5) is 62.6. The third-order valence-electron chi connectivity index (χ3n) is 5.96. The maximum absolute atomic E-state index is 13.1. The number of nitrogens with two attached hydrogens (primary N) is 3. The van der Waals surface area contributed by atoms with Gasteiger partial charge in [-0.05, 0) is 31.6 Å². The van der Waals surface area contributed by atoms with E-state index in [0.29, 0.717) is 44.5 Å². The Morgan fingerprint density at radius 2 is 2.00 bits per heavy atom. The average molecular weight is 508 g/mol. The predicted octanol–water partition coefficient (Wildman–Crippen LogP) is -1.97.